The van der Waals surface area contributed by atoms with E-state index in [0.717, 1.165) is 15.2 Å². The number of esters is 1. The van der Waals surface area contributed by atoms with Crippen molar-refractivity contribution in [2.45, 2.75) is 25.9 Å². The maximum atomic E-state index is 12.9. The number of para-hydroxylation sites is 1. The number of rotatable bonds is 6. The highest BCUT2D eigenvalue weighted by Gasteiger charge is 2.29. The van der Waals surface area contributed by atoms with Gasteiger partial charge in [-0.15, -0.1) is 11.3 Å². The number of ketones is 2. The summed E-state index contributed by atoms with van der Waals surface area (Å²) in [5.41, 5.74) is 2.46. The second kappa shape index (κ2) is 9.23. The van der Waals surface area contributed by atoms with Crippen LogP contribution in [0.3, 0.4) is 0 Å². The number of nitrogens with zero attached hydrogens (tertiary/aromatic N) is 1. The SMILES string of the molecule is CC(OC(=O)CCc1nc2ccccc2s1)C(=O)Nc1ccc2c(c1)C(=O)c1ccccc1C2=O. The third-order valence-electron chi connectivity index (χ3n) is 5.75. The maximum Gasteiger partial charge on any atom is 0.306 e. The molecule has 35 heavy (non-hydrogen) atoms. The molecule has 4 aromatic rings. The fraction of sp³-hybridized carbons (Fsp3) is 0.148. The molecule has 0 radical (unpaired) electrons. The summed E-state index contributed by atoms with van der Waals surface area (Å²) in [5.74, 6) is -1.55. The fourth-order valence-corrected chi connectivity index (χ4v) is 4.93. The molecular formula is C27H20N2O5S. The lowest BCUT2D eigenvalue weighted by molar-refractivity contribution is -0.153. The summed E-state index contributed by atoms with van der Waals surface area (Å²) in [6.45, 7) is 1.48. The average molecular weight is 485 g/mol. The van der Waals surface area contributed by atoms with Gasteiger partial charge in [0, 0.05) is 34.4 Å². The van der Waals surface area contributed by atoms with Crippen LogP contribution < -0.4 is 5.32 Å². The molecule has 5 rings (SSSR count). The molecule has 1 aliphatic carbocycles. The van der Waals surface area contributed by atoms with E-state index in [0.29, 0.717) is 28.8 Å². The Morgan fingerprint density at radius 2 is 1.57 bits per heavy atom. The lowest BCUT2D eigenvalue weighted by Crippen LogP contribution is -2.30. The van der Waals surface area contributed by atoms with E-state index < -0.39 is 18.0 Å². The van der Waals surface area contributed by atoms with E-state index in [1.165, 1.54) is 30.4 Å². The van der Waals surface area contributed by atoms with E-state index in [2.05, 4.69) is 10.3 Å². The van der Waals surface area contributed by atoms with Gasteiger partial charge in [0.1, 0.15) is 0 Å². The highest BCUT2D eigenvalue weighted by atomic mass is 32.1. The van der Waals surface area contributed by atoms with Crippen molar-refractivity contribution >= 4 is 50.7 Å². The second-order valence-electron chi connectivity index (χ2n) is 8.16. The van der Waals surface area contributed by atoms with Gasteiger partial charge in [0.2, 0.25) is 0 Å². The highest BCUT2D eigenvalue weighted by Crippen LogP contribution is 2.29. The number of hydrogen-bond acceptors (Lipinski definition) is 7. The topological polar surface area (TPSA) is 102 Å². The number of fused-ring (bicyclic) bond motifs is 3. The summed E-state index contributed by atoms with van der Waals surface area (Å²) >= 11 is 1.52. The number of aryl methyl sites for hydroxylation is 1. The lowest BCUT2D eigenvalue weighted by Gasteiger charge is -2.19. The van der Waals surface area contributed by atoms with Crippen molar-refractivity contribution in [3.05, 3.63) is 94.0 Å². The number of benzene rings is 3. The number of nitrogens with one attached hydrogen (secondary N) is 1. The Bertz CT molecular complexity index is 1470. The Kier molecular flexibility index (Phi) is 5.96. The summed E-state index contributed by atoms with van der Waals surface area (Å²) in [4.78, 5) is 55.0. The Balaban J connectivity index is 1.20. The standard InChI is InChI=1S/C27H20N2O5S/c1-15(34-24(30)13-12-23-29-21-8-4-5-9-22(21)35-23)27(33)28-16-10-11-19-20(14-16)26(32)18-7-3-2-6-17(18)25(19)31/h2-11,14-15H,12-13H2,1H3,(H,28,33). The van der Waals surface area contributed by atoms with Gasteiger partial charge >= 0.3 is 5.97 Å². The van der Waals surface area contributed by atoms with Crippen LogP contribution in [-0.2, 0) is 20.7 Å². The first-order valence-corrected chi connectivity index (χ1v) is 11.9. The smallest absolute Gasteiger partial charge is 0.306 e. The highest BCUT2D eigenvalue weighted by molar-refractivity contribution is 7.18. The Morgan fingerprint density at radius 3 is 2.31 bits per heavy atom. The molecular weight excluding hydrogens is 464 g/mol. The van der Waals surface area contributed by atoms with E-state index in [-0.39, 0.29) is 23.6 Å². The lowest BCUT2D eigenvalue weighted by atomic mass is 9.84. The van der Waals surface area contributed by atoms with Gasteiger partial charge in [0.15, 0.2) is 17.7 Å². The summed E-state index contributed by atoms with van der Waals surface area (Å²) in [6.07, 6.45) is -0.506. The van der Waals surface area contributed by atoms with Gasteiger partial charge in [-0.05, 0) is 37.3 Å². The van der Waals surface area contributed by atoms with E-state index in [4.69, 9.17) is 4.74 Å². The fourth-order valence-electron chi connectivity index (χ4n) is 3.97. The molecule has 1 unspecified atom stereocenters. The molecule has 1 aromatic heterocycles. The van der Waals surface area contributed by atoms with Gasteiger partial charge in [-0.25, -0.2) is 4.98 Å². The zero-order valence-corrected chi connectivity index (χ0v) is 19.6. The van der Waals surface area contributed by atoms with Crippen LogP contribution in [0.1, 0.15) is 50.2 Å². The summed E-state index contributed by atoms with van der Waals surface area (Å²) in [7, 11) is 0. The van der Waals surface area contributed by atoms with E-state index >= 15 is 0 Å². The maximum absolute atomic E-state index is 12.9. The minimum atomic E-state index is -1.04. The molecule has 0 spiro atoms. The van der Waals surface area contributed by atoms with Crippen molar-refractivity contribution in [2.75, 3.05) is 5.32 Å². The third-order valence-corrected chi connectivity index (χ3v) is 6.85. The minimum Gasteiger partial charge on any atom is -0.453 e. The van der Waals surface area contributed by atoms with Gasteiger partial charge in [-0.2, -0.15) is 0 Å². The molecule has 0 saturated heterocycles. The Hall–Kier alpha value is -4.17. The van der Waals surface area contributed by atoms with Gasteiger partial charge in [-0.3, -0.25) is 19.2 Å². The van der Waals surface area contributed by atoms with E-state index in [1.54, 1.807) is 30.3 Å². The van der Waals surface area contributed by atoms with Gasteiger partial charge in [0.05, 0.1) is 21.6 Å². The molecule has 0 bridgehead atoms. The first-order valence-electron chi connectivity index (χ1n) is 11.1. The monoisotopic (exact) mass is 484 g/mol. The number of amides is 1. The zero-order valence-electron chi connectivity index (χ0n) is 18.7. The average Bonchev–Trinajstić information content (AvgIpc) is 3.29. The summed E-state index contributed by atoms with van der Waals surface area (Å²) < 4.78 is 6.34. The van der Waals surface area contributed by atoms with Crippen LogP contribution in [0.4, 0.5) is 5.69 Å². The zero-order chi connectivity index (χ0) is 24.5. The first-order chi connectivity index (χ1) is 16.9. The normalized spacial score (nSPS) is 13.2. The largest absolute Gasteiger partial charge is 0.453 e. The van der Waals surface area contributed by atoms with Gasteiger partial charge < -0.3 is 10.1 Å². The quantitative estimate of drug-likeness (QED) is 0.354. The Labute approximate surface area is 204 Å². The van der Waals surface area contributed by atoms with Crippen LogP contribution in [0.2, 0.25) is 0 Å². The molecule has 1 amide bonds. The molecule has 0 fully saturated rings. The van der Waals surface area contributed by atoms with Crippen LogP contribution in [0.15, 0.2) is 66.7 Å². The van der Waals surface area contributed by atoms with E-state index in [9.17, 15) is 19.2 Å². The first kappa shape index (κ1) is 22.6. The number of aromatic nitrogens is 1. The van der Waals surface area contributed by atoms with Crippen LogP contribution in [0.25, 0.3) is 10.2 Å². The number of carbonyl (C=O) groups is 4. The summed E-state index contributed by atoms with van der Waals surface area (Å²) in [6, 6.07) is 19.0. The molecule has 3 aromatic carbocycles. The number of ether oxygens (including phenoxy) is 1. The molecule has 1 atom stereocenters. The van der Waals surface area contributed by atoms with E-state index in [1.807, 2.05) is 24.3 Å². The third kappa shape index (κ3) is 4.48. The minimum absolute atomic E-state index is 0.103. The number of anilines is 1. The van der Waals surface area contributed by atoms with Crippen LogP contribution >= 0.6 is 11.3 Å². The number of carbonyl (C=O) groups excluding carboxylic acids is 4. The summed E-state index contributed by atoms with van der Waals surface area (Å²) in [5, 5.41) is 3.49. The molecule has 0 aliphatic heterocycles. The predicted octanol–water partition coefficient (Wildman–Crippen LogP) is 4.57. The van der Waals surface area contributed by atoms with Crippen LogP contribution in [0, 0.1) is 0 Å². The molecule has 174 valence electrons. The second-order valence-corrected chi connectivity index (χ2v) is 9.28. The molecule has 8 heteroatoms. The van der Waals surface area contributed by atoms with Crippen molar-refractivity contribution < 1.29 is 23.9 Å². The molecule has 1 heterocycles. The molecule has 7 nitrogen and oxygen atoms in total. The van der Waals surface area contributed by atoms with Gasteiger partial charge in [-0.1, -0.05) is 36.4 Å². The molecule has 1 aliphatic rings. The Morgan fingerprint density at radius 1 is 0.914 bits per heavy atom. The van der Waals surface area contributed by atoms with Crippen molar-refractivity contribution in [1.29, 1.82) is 0 Å². The van der Waals surface area contributed by atoms with Crippen molar-refractivity contribution in [2.24, 2.45) is 0 Å². The van der Waals surface area contributed by atoms with Crippen molar-refractivity contribution in [1.82, 2.24) is 4.98 Å². The van der Waals surface area contributed by atoms with Crippen molar-refractivity contribution in [3.8, 4) is 0 Å². The number of thiazole rings is 1. The van der Waals surface area contributed by atoms with Crippen LogP contribution in [0.5, 0.6) is 0 Å². The predicted molar refractivity (Wildman–Crippen MR) is 132 cm³/mol. The number of hydrogen-bond donors (Lipinski definition) is 1. The van der Waals surface area contributed by atoms with Gasteiger partial charge in [0.25, 0.3) is 5.91 Å². The molecule has 1 N–H and O–H groups in total. The molecule has 0 saturated carbocycles. The van der Waals surface area contributed by atoms with Crippen LogP contribution in [-0.4, -0.2) is 34.5 Å². The van der Waals surface area contributed by atoms with Crippen molar-refractivity contribution in [3.63, 3.8) is 0 Å².